The molecule has 4 nitrogen and oxygen atoms in total. The van der Waals surface area contributed by atoms with Crippen LogP contribution in [0.15, 0.2) is 24.3 Å². The quantitative estimate of drug-likeness (QED) is 0.412. The number of hydrogen-bond donors (Lipinski definition) is 0. The van der Waals surface area contributed by atoms with Crippen LogP contribution < -0.4 is 9.64 Å². The van der Waals surface area contributed by atoms with Gasteiger partial charge in [0.1, 0.15) is 5.75 Å². The Morgan fingerprint density at radius 1 is 1.10 bits per heavy atom. The van der Waals surface area contributed by atoms with Crippen molar-refractivity contribution in [3.63, 3.8) is 0 Å². The molecule has 20 heavy (non-hydrogen) atoms. The van der Waals surface area contributed by atoms with Gasteiger partial charge in [-0.1, -0.05) is 22.6 Å². The molecular formula is C14H20INO3S. The number of halogens is 1. The molecule has 1 fully saturated rings. The molecule has 0 atom stereocenters. The second kappa shape index (κ2) is 7.49. The summed E-state index contributed by atoms with van der Waals surface area (Å²) in [5, 5.41) is 0. The van der Waals surface area contributed by atoms with E-state index in [4.69, 9.17) is 4.74 Å². The van der Waals surface area contributed by atoms with Gasteiger partial charge in [-0.2, -0.15) is 0 Å². The van der Waals surface area contributed by atoms with Crippen molar-refractivity contribution < 1.29 is 13.2 Å². The lowest BCUT2D eigenvalue weighted by Gasteiger charge is -2.28. The molecule has 0 aromatic heterocycles. The van der Waals surface area contributed by atoms with Crippen molar-refractivity contribution in [1.82, 2.24) is 0 Å². The molecule has 1 heterocycles. The van der Waals surface area contributed by atoms with Gasteiger partial charge in [-0.15, -0.1) is 0 Å². The van der Waals surface area contributed by atoms with Crippen molar-refractivity contribution >= 4 is 38.1 Å². The number of ether oxygens (including phenoxy) is 1. The molecule has 0 aliphatic carbocycles. The summed E-state index contributed by atoms with van der Waals surface area (Å²) in [4.78, 5) is 2.11. The third-order valence-electron chi connectivity index (χ3n) is 3.34. The monoisotopic (exact) mass is 409 g/mol. The first-order chi connectivity index (χ1) is 9.61. The van der Waals surface area contributed by atoms with Crippen LogP contribution in [0, 0.1) is 0 Å². The molecule has 0 N–H and O–H groups in total. The zero-order valence-electron chi connectivity index (χ0n) is 11.4. The normalized spacial score (nSPS) is 17.9. The van der Waals surface area contributed by atoms with E-state index in [-0.39, 0.29) is 11.5 Å². The highest BCUT2D eigenvalue weighted by molar-refractivity contribution is 14.1. The number of anilines is 1. The summed E-state index contributed by atoms with van der Waals surface area (Å²) in [6.45, 7) is 1.92. The minimum Gasteiger partial charge on any atom is -0.494 e. The highest BCUT2D eigenvalue weighted by Crippen LogP contribution is 2.21. The Morgan fingerprint density at radius 3 is 2.35 bits per heavy atom. The van der Waals surface area contributed by atoms with E-state index in [1.807, 2.05) is 24.3 Å². The van der Waals surface area contributed by atoms with Gasteiger partial charge in [0.15, 0.2) is 9.84 Å². The summed E-state index contributed by atoms with van der Waals surface area (Å²) >= 11 is 2.37. The fraction of sp³-hybridized carbons (Fsp3) is 0.571. The highest BCUT2D eigenvalue weighted by Gasteiger charge is 2.21. The molecule has 0 amide bonds. The molecule has 0 bridgehead atoms. The summed E-state index contributed by atoms with van der Waals surface area (Å²) in [6, 6.07) is 7.93. The van der Waals surface area contributed by atoms with E-state index < -0.39 is 9.84 Å². The molecule has 112 valence electrons. The fourth-order valence-corrected chi connectivity index (χ4v) is 3.85. The fourth-order valence-electron chi connectivity index (χ4n) is 2.11. The van der Waals surface area contributed by atoms with Gasteiger partial charge in [0.2, 0.25) is 0 Å². The van der Waals surface area contributed by atoms with Crippen LogP contribution in [0.1, 0.15) is 12.8 Å². The largest absolute Gasteiger partial charge is 0.494 e. The maximum absolute atomic E-state index is 11.4. The molecule has 0 saturated carbocycles. The van der Waals surface area contributed by atoms with E-state index in [9.17, 15) is 8.42 Å². The number of alkyl halides is 1. The molecule has 0 unspecified atom stereocenters. The number of nitrogens with zero attached hydrogens (tertiary/aromatic N) is 1. The van der Waals surface area contributed by atoms with Crippen LogP contribution in [-0.2, 0) is 9.84 Å². The Labute approximate surface area is 134 Å². The first-order valence-electron chi connectivity index (χ1n) is 6.85. The average molecular weight is 409 g/mol. The van der Waals surface area contributed by atoms with Crippen LogP contribution in [0.2, 0.25) is 0 Å². The lowest BCUT2D eigenvalue weighted by Crippen LogP contribution is -2.40. The van der Waals surface area contributed by atoms with Crippen LogP contribution in [0.5, 0.6) is 5.75 Å². The van der Waals surface area contributed by atoms with E-state index in [0.29, 0.717) is 13.1 Å². The number of unbranched alkanes of at least 4 members (excludes halogenated alkanes) is 1. The molecule has 0 spiro atoms. The number of benzene rings is 1. The summed E-state index contributed by atoms with van der Waals surface area (Å²) in [6.07, 6.45) is 2.26. The predicted octanol–water partition coefficient (Wildman–Crippen LogP) is 2.52. The van der Waals surface area contributed by atoms with Crippen molar-refractivity contribution in [1.29, 1.82) is 0 Å². The van der Waals surface area contributed by atoms with E-state index in [2.05, 4.69) is 27.5 Å². The Hall–Kier alpha value is -0.500. The van der Waals surface area contributed by atoms with Gasteiger partial charge in [0.25, 0.3) is 0 Å². The van der Waals surface area contributed by atoms with Gasteiger partial charge in [0.05, 0.1) is 18.1 Å². The zero-order valence-corrected chi connectivity index (χ0v) is 14.4. The van der Waals surface area contributed by atoms with Crippen molar-refractivity contribution in [3.8, 4) is 5.75 Å². The standard InChI is InChI=1S/C14H20INO3S/c15-7-1-2-10-19-14-5-3-13(4-6-14)16-8-11-20(17,18)12-9-16/h3-6H,1-2,7-12H2. The van der Waals surface area contributed by atoms with Gasteiger partial charge in [0, 0.05) is 18.8 Å². The first kappa shape index (κ1) is 15.9. The molecular weight excluding hydrogens is 389 g/mol. The Balaban J connectivity index is 1.85. The van der Waals surface area contributed by atoms with Crippen molar-refractivity contribution in [2.75, 3.05) is 40.5 Å². The van der Waals surface area contributed by atoms with E-state index in [1.165, 1.54) is 6.42 Å². The third kappa shape index (κ3) is 4.80. The summed E-state index contributed by atoms with van der Waals surface area (Å²) < 4.78 is 29.6. The lowest BCUT2D eigenvalue weighted by atomic mass is 10.2. The topological polar surface area (TPSA) is 46.6 Å². The molecule has 1 aliphatic heterocycles. The Kier molecular flexibility index (Phi) is 5.95. The Morgan fingerprint density at radius 2 is 1.75 bits per heavy atom. The van der Waals surface area contributed by atoms with Crippen LogP contribution in [0.25, 0.3) is 0 Å². The zero-order chi connectivity index (χ0) is 14.4. The highest BCUT2D eigenvalue weighted by atomic mass is 127. The smallest absolute Gasteiger partial charge is 0.153 e. The molecule has 1 aromatic carbocycles. The Bertz CT molecular complexity index is 502. The van der Waals surface area contributed by atoms with E-state index in [0.717, 1.165) is 28.9 Å². The van der Waals surface area contributed by atoms with Gasteiger partial charge >= 0.3 is 0 Å². The van der Waals surface area contributed by atoms with Crippen molar-refractivity contribution in [2.24, 2.45) is 0 Å². The predicted molar refractivity (Wildman–Crippen MR) is 90.9 cm³/mol. The summed E-state index contributed by atoms with van der Waals surface area (Å²) in [5.41, 5.74) is 1.07. The summed E-state index contributed by atoms with van der Waals surface area (Å²) in [5.74, 6) is 1.38. The maximum Gasteiger partial charge on any atom is 0.153 e. The molecule has 1 aliphatic rings. The van der Waals surface area contributed by atoms with Crippen LogP contribution in [0.4, 0.5) is 5.69 Å². The molecule has 2 rings (SSSR count). The second-order valence-electron chi connectivity index (χ2n) is 4.88. The minimum absolute atomic E-state index is 0.252. The van der Waals surface area contributed by atoms with Crippen LogP contribution >= 0.6 is 22.6 Å². The minimum atomic E-state index is -2.82. The van der Waals surface area contributed by atoms with E-state index in [1.54, 1.807) is 0 Å². The van der Waals surface area contributed by atoms with Crippen molar-refractivity contribution in [3.05, 3.63) is 24.3 Å². The van der Waals surface area contributed by atoms with E-state index >= 15 is 0 Å². The maximum atomic E-state index is 11.4. The van der Waals surface area contributed by atoms with Crippen LogP contribution in [-0.4, -0.2) is 44.0 Å². The summed E-state index contributed by atoms with van der Waals surface area (Å²) in [7, 11) is -2.82. The second-order valence-corrected chi connectivity index (χ2v) is 8.26. The van der Waals surface area contributed by atoms with Gasteiger partial charge < -0.3 is 9.64 Å². The first-order valence-corrected chi connectivity index (χ1v) is 10.2. The van der Waals surface area contributed by atoms with Crippen molar-refractivity contribution in [2.45, 2.75) is 12.8 Å². The molecule has 1 aromatic rings. The molecule has 6 heteroatoms. The third-order valence-corrected chi connectivity index (χ3v) is 5.71. The SMILES string of the molecule is O=S1(=O)CCN(c2ccc(OCCCCI)cc2)CC1. The van der Waals surface area contributed by atoms with Crippen LogP contribution in [0.3, 0.4) is 0 Å². The van der Waals surface area contributed by atoms with Gasteiger partial charge in [-0.3, -0.25) is 0 Å². The lowest BCUT2D eigenvalue weighted by molar-refractivity contribution is 0.310. The van der Waals surface area contributed by atoms with Gasteiger partial charge in [-0.25, -0.2) is 8.42 Å². The molecule has 0 radical (unpaired) electrons. The molecule has 1 saturated heterocycles. The average Bonchev–Trinajstić information content (AvgIpc) is 2.45. The van der Waals surface area contributed by atoms with Gasteiger partial charge in [-0.05, 0) is 41.5 Å². The number of hydrogen-bond acceptors (Lipinski definition) is 4. The number of rotatable bonds is 6. The number of sulfone groups is 1.